The number of amides is 1. The molecule has 2 aromatic carbocycles. The Kier molecular flexibility index (Phi) is 7.29. The van der Waals surface area contributed by atoms with Crippen LogP contribution in [0, 0.1) is 0 Å². The van der Waals surface area contributed by atoms with Crippen LogP contribution in [0.5, 0.6) is 11.5 Å². The number of methoxy groups -OCH3 is 2. The van der Waals surface area contributed by atoms with Gasteiger partial charge < -0.3 is 20.1 Å². The van der Waals surface area contributed by atoms with Gasteiger partial charge in [-0.15, -0.1) is 0 Å². The number of carbonyl (C=O) groups excluding carboxylic acids is 1. The monoisotopic (exact) mass is 342 g/mol. The van der Waals surface area contributed by atoms with Crippen LogP contribution in [0.4, 0.5) is 0 Å². The molecule has 0 heterocycles. The fourth-order valence-corrected chi connectivity index (χ4v) is 2.54. The summed E-state index contributed by atoms with van der Waals surface area (Å²) >= 11 is 0. The summed E-state index contributed by atoms with van der Waals surface area (Å²) in [7, 11) is 3.20. The highest BCUT2D eigenvalue weighted by Gasteiger charge is 2.08. The van der Waals surface area contributed by atoms with Crippen molar-refractivity contribution in [2.24, 2.45) is 0 Å². The fraction of sp³-hybridized carbons (Fsp3) is 0.350. The standard InChI is InChI=1S/C20H26N2O3/c1-15(17-7-5-4-6-8-17)21-12-11-20(23)22-14-16-9-10-18(24-2)19(13-16)25-3/h4-10,13,15,21H,11-12,14H2,1-3H3,(H,22,23). The summed E-state index contributed by atoms with van der Waals surface area (Å²) in [6, 6.07) is 16.0. The minimum Gasteiger partial charge on any atom is -0.493 e. The number of benzene rings is 2. The maximum atomic E-state index is 12.0. The summed E-state index contributed by atoms with van der Waals surface area (Å²) in [5.41, 5.74) is 2.19. The molecule has 0 saturated carbocycles. The second-order valence-electron chi connectivity index (χ2n) is 5.80. The maximum absolute atomic E-state index is 12.0. The van der Waals surface area contributed by atoms with E-state index in [1.165, 1.54) is 5.56 Å². The molecule has 0 aliphatic carbocycles. The molecule has 2 rings (SSSR count). The molecule has 134 valence electrons. The van der Waals surface area contributed by atoms with Crippen molar-refractivity contribution in [3.63, 3.8) is 0 Å². The lowest BCUT2D eigenvalue weighted by atomic mass is 10.1. The van der Waals surface area contributed by atoms with E-state index in [1.54, 1.807) is 14.2 Å². The average molecular weight is 342 g/mol. The Morgan fingerprint density at radius 3 is 2.44 bits per heavy atom. The number of hydrogen-bond acceptors (Lipinski definition) is 4. The molecule has 0 radical (unpaired) electrons. The largest absolute Gasteiger partial charge is 0.493 e. The summed E-state index contributed by atoms with van der Waals surface area (Å²) in [4.78, 5) is 12.0. The molecule has 25 heavy (non-hydrogen) atoms. The number of ether oxygens (including phenoxy) is 2. The average Bonchev–Trinajstić information content (AvgIpc) is 2.66. The molecule has 5 heteroatoms. The normalized spacial score (nSPS) is 11.6. The number of rotatable bonds is 9. The Bertz CT molecular complexity index is 674. The topological polar surface area (TPSA) is 59.6 Å². The Morgan fingerprint density at radius 2 is 1.76 bits per heavy atom. The van der Waals surface area contributed by atoms with E-state index in [0.717, 1.165) is 5.56 Å². The molecule has 0 bridgehead atoms. The number of nitrogens with one attached hydrogen (secondary N) is 2. The van der Waals surface area contributed by atoms with Crippen molar-refractivity contribution in [1.29, 1.82) is 0 Å². The molecule has 1 unspecified atom stereocenters. The fourth-order valence-electron chi connectivity index (χ4n) is 2.54. The summed E-state index contributed by atoms with van der Waals surface area (Å²) in [5.74, 6) is 1.35. The summed E-state index contributed by atoms with van der Waals surface area (Å²) in [5, 5.41) is 6.29. The maximum Gasteiger partial charge on any atom is 0.221 e. The summed E-state index contributed by atoms with van der Waals surface area (Å²) < 4.78 is 10.5. The van der Waals surface area contributed by atoms with Gasteiger partial charge in [-0.3, -0.25) is 4.79 Å². The van der Waals surface area contributed by atoms with E-state index in [4.69, 9.17) is 9.47 Å². The Labute approximate surface area is 149 Å². The van der Waals surface area contributed by atoms with Gasteiger partial charge in [-0.2, -0.15) is 0 Å². The van der Waals surface area contributed by atoms with E-state index in [0.29, 0.717) is 31.0 Å². The quantitative estimate of drug-likeness (QED) is 0.735. The Balaban J connectivity index is 1.74. The van der Waals surface area contributed by atoms with Crippen LogP contribution >= 0.6 is 0 Å². The van der Waals surface area contributed by atoms with Gasteiger partial charge in [0.15, 0.2) is 11.5 Å². The van der Waals surface area contributed by atoms with Crippen molar-refractivity contribution in [2.75, 3.05) is 20.8 Å². The molecule has 0 aliphatic rings. The minimum atomic E-state index is 0.0162. The minimum absolute atomic E-state index is 0.0162. The van der Waals surface area contributed by atoms with Gasteiger partial charge in [0.1, 0.15) is 0 Å². The Hall–Kier alpha value is -2.53. The van der Waals surface area contributed by atoms with Gasteiger partial charge in [-0.25, -0.2) is 0 Å². The van der Waals surface area contributed by atoms with Gasteiger partial charge in [0.2, 0.25) is 5.91 Å². The van der Waals surface area contributed by atoms with E-state index in [9.17, 15) is 4.79 Å². The van der Waals surface area contributed by atoms with Crippen LogP contribution < -0.4 is 20.1 Å². The third kappa shape index (κ3) is 5.80. The van der Waals surface area contributed by atoms with Crippen LogP contribution in [0.25, 0.3) is 0 Å². The highest BCUT2D eigenvalue weighted by atomic mass is 16.5. The Morgan fingerprint density at radius 1 is 1.04 bits per heavy atom. The number of hydrogen-bond donors (Lipinski definition) is 2. The molecule has 0 aromatic heterocycles. The van der Waals surface area contributed by atoms with Crippen molar-refractivity contribution >= 4 is 5.91 Å². The third-order valence-corrected chi connectivity index (χ3v) is 4.04. The molecule has 0 fully saturated rings. The lowest BCUT2D eigenvalue weighted by Crippen LogP contribution is -2.28. The lowest BCUT2D eigenvalue weighted by molar-refractivity contribution is -0.121. The van der Waals surface area contributed by atoms with Crippen LogP contribution in [0.1, 0.15) is 30.5 Å². The number of carbonyl (C=O) groups is 1. The van der Waals surface area contributed by atoms with Crippen molar-refractivity contribution < 1.29 is 14.3 Å². The molecule has 1 atom stereocenters. The van der Waals surface area contributed by atoms with Crippen LogP contribution in [0.2, 0.25) is 0 Å². The van der Waals surface area contributed by atoms with Crippen LogP contribution in [0.3, 0.4) is 0 Å². The van der Waals surface area contributed by atoms with Crippen molar-refractivity contribution in [2.45, 2.75) is 25.9 Å². The molecule has 2 aromatic rings. The highest BCUT2D eigenvalue weighted by molar-refractivity contribution is 5.76. The van der Waals surface area contributed by atoms with Crippen molar-refractivity contribution in [1.82, 2.24) is 10.6 Å². The second-order valence-corrected chi connectivity index (χ2v) is 5.80. The van der Waals surface area contributed by atoms with Crippen LogP contribution in [0.15, 0.2) is 48.5 Å². The molecule has 1 amide bonds. The zero-order valence-corrected chi connectivity index (χ0v) is 15.0. The third-order valence-electron chi connectivity index (χ3n) is 4.04. The zero-order valence-electron chi connectivity index (χ0n) is 15.0. The molecule has 0 aliphatic heterocycles. The lowest BCUT2D eigenvalue weighted by Gasteiger charge is -2.14. The van der Waals surface area contributed by atoms with Crippen molar-refractivity contribution in [3.8, 4) is 11.5 Å². The SMILES string of the molecule is COc1ccc(CNC(=O)CCNC(C)c2ccccc2)cc1OC. The second kappa shape index (κ2) is 9.69. The molecule has 2 N–H and O–H groups in total. The first-order valence-electron chi connectivity index (χ1n) is 8.40. The molecule has 5 nitrogen and oxygen atoms in total. The first-order valence-corrected chi connectivity index (χ1v) is 8.40. The van der Waals surface area contributed by atoms with Gasteiger partial charge in [-0.1, -0.05) is 36.4 Å². The predicted octanol–water partition coefficient (Wildman–Crippen LogP) is 3.06. The molecular weight excluding hydrogens is 316 g/mol. The van der Waals surface area contributed by atoms with E-state index >= 15 is 0 Å². The molecular formula is C20H26N2O3. The van der Waals surface area contributed by atoms with Gasteiger partial charge in [0, 0.05) is 25.6 Å². The smallest absolute Gasteiger partial charge is 0.221 e. The first kappa shape index (κ1) is 18.8. The predicted molar refractivity (Wildman–Crippen MR) is 98.9 cm³/mol. The summed E-state index contributed by atoms with van der Waals surface area (Å²) in [6.07, 6.45) is 0.435. The summed E-state index contributed by atoms with van der Waals surface area (Å²) in [6.45, 7) is 3.19. The zero-order chi connectivity index (χ0) is 18.1. The van der Waals surface area contributed by atoms with Crippen LogP contribution in [-0.4, -0.2) is 26.7 Å². The van der Waals surface area contributed by atoms with E-state index in [1.807, 2.05) is 36.4 Å². The van der Waals surface area contributed by atoms with E-state index < -0.39 is 0 Å². The van der Waals surface area contributed by atoms with Crippen molar-refractivity contribution in [3.05, 3.63) is 59.7 Å². The van der Waals surface area contributed by atoms with Gasteiger partial charge >= 0.3 is 0 Å². The van der Waals surface area contributed by atoms with Gasteiger partial charge in [-0.05, 0) is 30.2 Å². The molecule has 0 saturated heterocycles. The highest BCUT2D eigenvalue weighted by Crippen LogP contribution is 2.27. The van der Waals surface area contributed by atoms with Crippen LogP contribution in [-0.2, 0) is 11.3 Å². The van der Waals surface area contributed by atoms with Gasteiger partial charge in [0.05, 0.1) is 14.2 Å². The molecule has 0 spiro atoms. The van der Waals surface area contributed by atoms with E-state index in [2.05, 4.69) is 29.7 Å². The van der Waals surface area contributed by atoms with Gasteiger partial charge in [0.25, 0.3) is 0 Å². The first-order chi connectivity index (χ1) is 12.1. The van der Waals surface area contributed by atoms with E-state index in [-0.39, 0.29) is 11.9 Å².